The molecule has 0 bridgehead atoms. The van der Waals surface area contributed by atoms with E-state index in [0.717, 1.165) is 15.9 Å². The summed E-state index contributed by atoms with van der Waals surface area (Å²) in [5.41, 5.74) is 2.24. The van der Waals surface area contributed by atoms with E-state index in [4.69, 9.17) is 16.0 Å². The van der Waals surface area contributed by atoms with Crippen molar-refractivity contribution in [1.82, 2.24) is 9.97 Å². The highest BCUT2D eigenvalue weighted by atomic mass is 79.9. The fourth-order valence-corrected chi connectivity index (χ4v) is 1.83. The van der Waals surface area contributed by atoms with Gasteiger partial charge in [-0.25, -0.2) is 9.97 Å². The quantitative estimate of drug-likeness (QED) is 0.801. The van der Waals surface area contributed by atoms with Gasteiger partial charge < -0.3 is 4.42 Å². The lowest BCUT2D eigenvalue weighted by atomic mass is 10.3. The van der Waals surface area contributed by atoms with Crippen molar-refractivity contribution in [2.45, 2.75) is 13.8 Å². The number of nitrogens with zero attached hydrogens (tertiary/aromatic N) is 2. The van der Waals surface area contributed by atoms with Crippen molar-refractivity contribution >= 4 is 27.5 Å². The Hall–Kier alpha value is -0.870. The monoisotopic (exact) mass is 286 g/mol. The average molecular weight is 288 g/mol. The van der Waals surface area contributed by atoms with Gasteiger partial charge in [-0.1, -0.05) is 11.6 Å². The van der Waals surface area contributed by atoms with Gasteiger partial charge >= 0.3 is 0 Å². The molecule has 78 valence electrons. The molecule has 0 spiro atoms. The van der Waals surface area contributed by atoms with Crippen molar-refractivity contribution in [1.29, 1.82) is 0 Å². The Balaban J connectivity index is 2.64. The van der Waals surface area contributed by atoms with Crippen molar-refractivity contribution in [3.8, 4) is 11.5 Å². The predicted octanol–water partition coefficient (Wildman–Crippen LogP) is 3.77. The number of halogens is 2. The zero-order valence-electron chi connectivity index (χ0n) is 8.21. The van der Waals surface area contributed by atoms with Gasteiger partial charge in [0.05, 0.1) is 22.1 Å². The van der Waals surface area contributed by atoms with Crippen molar-refractivity contribution in [3.05, 3.63) is 33.3 Å². The molecule has 0 saturated heterocycles. The number of rotatable bonds is 1. The van der Waals surface area contributed by atoms with Gasteiger partial charge in [0.15, 0.2) is 10.9 Å². The second kappa shape index (κ2) is 3.94. The van der Waals surface area contributed by atoms with Crippen LogP contribution in [0.1, 0.15) is 11.4 Å². The van der Waals surface area contributed by atoms with Crippen LogP contribution in [0.4, 0.5) is 0 Å². The van der Waals surface area contributed by atoms with E-state index >= 15 is 0 Å². The van der Waals surface area contributed by atoms with Crippen LogP contribution >= 0.6 is 27.5 Å². The van der Waals surface area contributed by atoms with Crippen molar-refractivity contribution in [2.75, 3.05) is 0 Å². The van der Waals surface area contributed by atoms with Crippen molar-refractivity contribution < 1.29 is 4.42 Å². The van der Waals surface area contributed by atoms with Gasteiger partial charge in [0.25, 0.3) is 0 Å². The molecule has 2 heterocycles. The highest BCUT2D eigenvalue weighted by molar-refractivity contribution is 9.10. The van der Waals surface area contributed by atoms with E-state index < -0.39 is 0 Å². The lowest BCUT2D eigenvalue weighted by molar-refractivity contribution is 0.578. The first-order valence-corrected chi connectivity index (χ1v) is 5.51. The van der Waals surface area contributed by atoms with Gasteiger partial charge in [0.2, 0.25) is 0 Å². The third-order valence-electron chi connectivity index (χ3n) is 2.10. The molecule has 0 aliphatic heterocycles. The molecule has 0 saturated carbocycles. The van der Waals surface area contributed by atoms with E-state index in [-0.39, 0.29) is 0 Å². The fraction of sp³-hybridized carbons (Fsp3) is 0.200. The Labute approximate surface area is 101 Å². The van der Waals surface area contributed by atoms with Crippen LogP contribution in [-0.4, -0.2) is 9.97 Å². The molecule has 0 aromatic carbocycles. The van der Waals surface area contributed by atoms with Crippen LogP contribution < -0.4 is 0 Å². The third-order valence-corrected chi connectivity index (χ3v) is 2.98. The first-order valence-electron chi connectivity index (χ1n) is 4.33. The Morgan fingerprint density at radius 3 is 2.53 bits per heavy atom. The van der Waals surface area contributed by atoms with Gasteiger partial charge in [-0.2, -0.15) is 0 Å². The van der Waals surface area contributed by atoms with Crippen LogP contribution in [0, 0.1) is 13.8 Å². The molecule has 0 amide bonds. The largest absolute Gasteiger partial charge is 0.461 e. The Bertz CT molecular complexity index is 510. The number of aryl methyl sites for hydroxylation is 2. The van der Waals surface area contributed by atoms with Crippen LogP contribution in [0.3, 0.4) is 0 Å². The van der Waals surface area contributed by atoms with E-state index in [2.05, 4.69) is 25.9 Å². The normalized spacial score (nSPS) is 10.7. The molecule has 0 aliphatic rings. The minimum Gasteiger partial charge on any atom is -0.461 e. The number of furan rings is 1. The maximum atomic E-state index is 6.01. The van der Waals surface area contributed by atoms with Crippen LogP contribution in [0.25, 0.3) is 11.5 Å². The molecule has 2 rings (SSSR count). The van der Waals surface area contributed by atoms with Crippen molar-refractivity contribution in [3.63, 3.8) is 0 Å². The first kappa shape index (κ1) is 10.6. The fourth-order valence-electron chi connectivity index (χ4n) is 1.18. The molecule has 0 radical (unpaired) electrons. The van der Waals surface area contributed by atoms with Crippen LogP contribution in [0.2, 0.25) is 5.15 Å². The maximum absolute atomic E-state index is 6.01. The van der Waals surface area contributed by atoms with Crippen LogP contribution in [-0.2, 0) is 0 Å². The second-order valence-electron chi connectivity index (χ2n) is 3.13. The second-order valence-corrected chi connectivity index (χ2v) is 4.34. The Morgan fingerprint density at radius 2 is 1.93 bits per heavy atom. The van der Waals surface area contributed by atoms with Gasteiger partial charge in [-0.15, -0.1) is 0 Å². The summed E-state index contributed by atoms with van der Waals surface area (Å²) in [5.74, 6) is 0.607. The molecular weight excluding hydrogens is 279 g/mol. The SMILES string of the molecule is Cc1nc(Cl)c(-c2occc2Br)nc1C. The zero-order valence-corrected chi connectivity index (χ0v) is 10.6. The smallest absolute Gasteiger partial charge is 0.169 e. The van der Waals surface area contributed by atoms with Gasteiger partial charge in [-0.05, 0) is 35.8 Å². The van der Waals surface area contributed by atoms with Crippen LogP contribution in [0.15, 0.2) is 21.2 Å². The molecule has 0 N–H and O–H groups in total. The number of hydrogen-bond donors (Lipinski definition) is 0. The summed E-state index contributed by atoms with van der Waals surface area (Å²) >= 11 is 9.37. The van der Waals surface area contributed by atoms with Crippen LogP contribution in [0.5, 0.6) is 0 Å². The minimum atomic E-state index is 0.355. The Morgan fingerprint density at radius 1 is 1.27 bits per heavy atom. The maximum Gasteiger partial charge on any atom is 0.169 e. The first-order chi connectivity index (χ1) is 7.09. The van der Waals surface area contributed by atoms with Gasteiger partial charge in [0, 0.05) is 0 Å². The summed E-state index contributed by atoms with van der Waals surface area (Å²) in [4.78, 5) is 8.55. The van der Waals surface area contributed by atoms with E-state index in [9.17, 15) is 0 Å². The summed E-state index contributed by atoms with van der Waals surface area (Å²) in [6.45, 7) is 3.76. The lowest BCUT2D eigenvalue weighted by Crippen LogP contribution is -1.95. The summed E-state index contributed by atoms with van der Waals surface area (Å²) in [5, 5.41) is 0.355. The molecule has 0 atom stereocenters. The standard InChI is InChI=1S/C10H8BrClN2O/c1-5-6(2)14-10(12)8(13-5)9-7(11)3-4-15-9/h3-4H,1-2H3. The zero-order chi connectivity index (χ0) is 11.0. The molecule has 0 aliphatic carbocycles. The van der Waals surface area contributed by atoms with E-state index in [1.54, 1.807) is 12.3 Å². The van der Waals surface area contributed by atoms with E-state index in [1.807, 2.05) is 13.8 Å². The Kier molecular flexibility index (Phi) is 2.80. The predicted molar refractivity (Wildman–Crippen MR) is 61.9 cm³/mol. The summed E-state index contributed by atoms with van der Waals surface area (Å²) in [6.07, 6.45) is 1.58. The topological polar surface area (TPSA) is 38.9 Å². The molecule has 15 heavy (non-hydrogen) atoms. The lowest BCUT2D eigenvalue weighted by Gasteiger charge is -2.04. The molecule has 0 fully saturated rings. The highest BCUT2D eigenvalue weighted by Crippen LogP contribution is 2.32. The van der Waals surface area contributed by atoms with E-state index in [0.29, 0.717) is 16.6 Å². The summed E-state index contributed by atoms with van der Waals surface area (Å²) in [6, 6.07) is 1.79. The molecule has 5 heteroatoms. The molecule has 2 aromatic rings. The number of hydrogen-bond acceptors (Lipinski definition) is 3. The van der Waals surface area contributed by atoms with Crippen molar-refractivity contribution in [2.24, 2.45) is 0 Å². The highest BCUT2D eigenvalue weighted by Gasteiger charge is 2.14. The molecule has 2 aromatic heterocycles. The molecule has 3 nitrogen and oxygen atoms in total. The van der Waals surface area contributed by atoms with E-state index in [1.165, 1.54) is 0 Å². The number of aromatic nitrogens is 2. The van der Waals surface area contributed by atoms with Gasteiger partial charge in [0.1, 0.15) is 5.69 Å². The minimum absolute atomic E-state index is 0.355. The van der Waals surface area contributed by atoms with Gasteiger partial charge in [-0.3, -0.25) is 0 Å². The summed E-state index contributed by atoms with van der Waals surface area (Å²) < 4.78 is 6.11. The summed E-state index contributed by atoms with van der Waals surface area (Å²) in [7, 11) is 0. The molecule has 0 unspecified atom stereocenters. The average Bonchev–Trinajstić information content (AvgIpc) is 2.58. The third kappa shape index (κ3) is 1.92. The molecular formula is C10H8BrClN2O.